The third-order valence-electron chi connectivity index (χ3n) is 3.06. The molecular weight excluding hydrogens is 262 g/mol. The molecule has 0 amide bonds. The molecule has 0 aliphatic carbocycles. The van der Waals surface area contributed by atoms with Crippen molar-refractivity contribution in [3.8, 4) is 0 Å². The molecule has 110 valence electrons. The molecule has 0 unspecified atom stereocenters. The molecule has 2 heterocycles. The first-order valence-corrected chi connectivity index (χ1v) is 6.76. The number of aromatic nitrogens is 2. The molecule has 0 N–H and O–H groups in total. The fraction of sp³-hybridized carbons (Fsp3) is 0.615. The van der Waals surface area contributed by atoms with E-state index in [-0.39, 0.29) is 24.5 Å². The lowest BCUT2D eigenvalue weighted by atomic mass is 10.3. The highest BCUT2D eigenvalue weighted by Gasteiger charge is 2.13. The Balaban J connectivity index is 1.98. The van der Waals surface area contributed by atoms with Gasteiger partial charge in [-0.05, 0) is 6.92 Å². The molecule has 1 aliphatic heterocycles. The topological polar surface area (TPSA) is 73.7 Å². The van der Waals surface area contributed by atoms with Crippen LogP contribution in [0.15, 0.2) is 17.1 Å². The monoisotopic (exact) mass is 281 g/mol. The first-order chi connectivity index (χ1) is 9.70. The van der Waals surface area contributed by atoms with Gasteiger partial charge < -0.3 is 14.4 Å². The zero-order valence-corrected chi connectivity index (χ0v) is 11.6. The lowest BCUT2D eigenvalue weighted by molar-refractivity contribution is -0.143. The third-order valence-corrected chi connectivity index (χ3v) is 3.06. The molecular formula is C13H19N3O4. The fourth-order valence-electron chi connectivity index (χ4n) is 2.02. The molecule has 1 aliphatic rings. The Bertz CT molecular complexity index is 509. The Labute approximate surface area is 117 Å². The van der Waals surface area contributed by atoms with Crippen LogP contribution < -0.4 is 10.5 Å². The van der Waals surface area contributed by atoms with Crippen molar-refractivity contribution >= 4 is 11.7 Å². The van der Waals surface area contributed by atoms with E-state index in [4.69, 9.17) is 9.47 Å². The van der Waals surface area contributed by atoms with Gasteiger partial charge in [-0.2, -0.15) is 5.10 Å². The first-order valence-electron chi connectivity index (χ1n) is 6.76. The molecule has 2 rings (SSSR count). The second-order valence-electron chi connectivity index (χ2n) is 4.43. The highest BCUT2D eigenvalue weighted by atomic mass is 16.5. The SMILES string of the molecule is CCOC(=O)CCn1ncc(N2CCOCC2)cc1=O. The van der Waals surface area contributed by atoms with Crippen LogP contribution in [0, 0.1) is 0 Å². The molecule has 1 fully saturated rings. The van der Waals surface area contributed by atoms with Gasteiger partial charge in [0.15, 0.2) is 0 Å². The summed E-state index contributed by atoms with van der Waals surface area (Å²) < 4.78 is 11.4. The van der Waals surface area contributed by atoms with Crippen molar-refractivity contribution in [1.82, 2.24) is 9.78 Å². The van der Waals surface area contributed by atoms with Crippen LogP contribution in [0.3, 0.4) is 0 Å². The van der Waals surface area contributed by atoms with Gasteiger partial charge in [-0.25, -0.2) is 4.68 Å². The maximum absolute atomic E-state index is 11.9. The molecule has 1 saturated heterocycles. The maximum atomic E-state index is 11.9. The smallest absolute Gasteiger partial charge is 0.307 e. The summed E-state index contributed by atoms with van der Waals surface area (Å²) in [6.07, 6.45) is 1.80. The Kier molecular flexibility index (Phi) is 5.11. The lowest BCUT2D eigenvalue weighted by Gasteiger charge is -2.28. The van der Waals surface area contributed by atoms with E-state index in [1.54, 1.807) is 19.2 Å². The Morgan fingerprint density at radius 1 is 1.45 bits per heavy atom. The minimum atomic E-state index is -0.321. The zero-order chi connectivity index (χ0) is 14.4. The second-order valence-corrected chi connectivity index (χ2v) is 4.43. The standard InChI is InChI=1S/C13H19N3O4/c1-2-20-13(18)3-4-16-12(17)9-11(10-14-16)15-5-7-19-8-6-15/h9-10H,2-8H2,1H3. The molecule has 0 atom stereocenters. The highest BCUT2D eigenvalue weighted by molar-refractivity contribution is 5.69. The van der Waals surface area contributed by atoms with Crippen molar-refractivity contribution in [3.05, 3.63) is 22.6 Å². The number of anilines is 1. The van der Waals surface area contributed by atoms with Gasteiger partial charge in [-0.15, -0.1) is 0 Å². The van der Waals surface area contributed by atoms with Crippen molar-refractivity contribution in [2.24, 2.45) is 0 Å². The number of ether oxygens (including phenoxy) is 2. The molecule has 1 aromatic heterocycles. The fourth-order valence-corrected chi connectivity index (χ4v) is 2.02. The molecule has 20 heavy (non-hydrogen) atoms. The second kappa shape index (κ2) is 7.04. The summed E-state index contributed by atoms with van der Waals surface area (Å²) in [6.45, 7) is 5.16. The molecule has 0 radical (unpaired) electrons. The lowest BCUT2D eigenvalue weighted by Crippen LogP contribution is -2.37. The number of hydrogen-bond donors (Lipinski definition) is 0. The maximum Gasteiger partial charge on any atom is 0.307 e. The number of carbonyl (C=O) groups is 1. The Morgan fingerprint density at radius 3 is 2.85 bits per heavy atom. The average Bonchev–Trinajstić information content (AvgIpc) is 2.47. The summed E-state index contributed by atoms with van der Waals surface area (Å²) in [5, 5.41) is 4.10. The quantitative estimate of drug-likeness (QED) is 0.709. The van der Waals surface area contributed by atoms with Crippen LogP contribution in [-0.2, 0) is 20.8 Å². The summed E-state index contributed by atoms with van der Waals surface area (Å²) in [6, 6.07) is 1.55. The summed E-state index contributed by atoms with van der Waals surface area (Å²) in [5.41, 5.74) is 0.587. The predicted octanol–water partition coefficient (Wildman–Crippen LogP) is 0.0331. The molecule has 7 heteroatoms. The van der Waals surface area contributed by atoms with Gasteiger partial charge in [0.25, 0.3) is 5.56 Å². The van der Waals surface area contributed by atoms with Gasteiger partial charge in [-0.1, -0.05) is 0 Å². The first kappa shape index (κ1) is 14.5. The van der Waals surface area contributed by atoms with Crippen molar-refractivity contribution in [2.75, 3.05) is 37.8 Å². The number of morpholine rings is 1. The molecule has 0 aromatic carbocycles. The summed E-state index contributed by atoms with van der Waals surface area (Å²) in [7, 11) is 0. The van der Waals surface area contributed by atoms with Gasteiger partial charge in [0, 0.05) is 19.2 Å². The Hall–Kier alpha value is -1.89. The van der Waals surface area contributed by atoms with E-state index in [1.807, 2.05) is 0 Å². The molecule has 0 bridgehead atoms. The van der Waals surface area contributed by atoms with Crippen LogP contribution in [0.4, 0.5) is 5.69 Å². The van der Waals surface area contributed by atoms with Gasteiger partial charge in [0.05, 0.1) is 44.7 Å². The van der Waals surface area contributed by atoms with Gasteiger partial charge >= 0.3 is 5.97 Å². The van der Waals surface area contributed by atoms with E-state index >= 15 is 0 Å². The average molecular weight is 281 g/mol. The molecule has 1 aromatic rings. The molecule has 0 spiro atoms. The summed E-state index contributed by atoms with van der Waals surface area (Å²) >= 11 is 0. The number of nitrogens with zero attached hydrogens (tertiary/aromatic N) is 3. The third kappa shape index (κ3) is 3.80. The minimum Gasteiger partial charge on any atom is -0.466 e. The molecule has 0 saturated carbocycles. The van der Waals surface area contributed by atoms with Crippen LogP contribution in [0.25, 0.3) is 0 Å². The van der Waals surface area contributed by atoms with Crippen molar-refractivity contribution in [3.63, 3.8) is 0 Å². The van der Waals surface area contributed by atoms with Crippen LogP contribution >= 0.6 is 0 Å². The number of hydrogen-bond acceptors (Lipinski definition) is 6. The highest BCUT2D eigenvalue weighted by Crippen LogP contribution is 2.11. The van der Waals surface area contributed by atoms with Crippen LogP contribution in [0.5, 0.6) is 0 Å². The van der Waals surface area contributed by atoms with E-state index in [0.717, 1.165) is 18.8 Å². The number of rotatable bonds is 5. The van der Waals surface area contributed by atoms with Crippen molar-refractivity contribution in [1.29, 1.82) is 0 Å². The summed E-state index contributed by atoms with van der Waals surface area (Å²) in [5.74, 6) is -0.321. The number of esters is 1. The van der Waals surface area contributed by atoms with E-state index in [2.05, 4.69) is 10.00 Å². The molecule has 7 nitrogen and oxygen atoms in total. The summed E-state index contributed by atoms with van der Waals surface area (Å²) in [4.78, 5) is 25.3. The van der Waals surface area contributed by atoms with Crippen LogP contribution in [-0.4, -0.2) is 48.7 Å². The Morgan fingerprint density at radius 2 is 2.20 bits per heavy atom. The van der Waals surface area contributed by atoms with E-state index < -0.39 is 0 Å². The van der Waals surface area contributed by atoms with Crippen molar-refractivity contribution in [2.45, 2.75) is 19.9 Å². The number of aryl methyl sites for hydroxylation is 1. The zero-order valence-electron chi connectivity index (χ0n) is 11.6. The number of carbonyl (C=O) groups excluding carboxylic acids is 1. The van der Waals surface area contributed by atoms with Crippen molar-refractivity contribution < 1.29 is 14.3 Å². The van der Waals surface area contributed by atoms with Gasteiger partial charge in [0.1, 0.15) is 0 Å². The minimum absolute atomic E-state index is 0.150. The van der Waals surface area contributed by atoms with Crippen LogP contribution in [0.2, 0.25) is 0 Å². The predicted molar refractivity (Wildman–Crippen MR) is 72.8 cm³/mol. The largest absolute Gasteiger partial charge is 0.466 e. The van der Waals surface area contributed by atoms with E-state index in [9.17, 15) is 9.59 Å². The van der Waals surface area contributed by atoms with E-state index in [1.165, 1.54) is 4.68 Å². The van der Waals surface area contributed by atoms with E-state index in [0.29, 0.717) is 19.8 Å². The van der Waals surface area contributed by atoms with Crippen LogP contribution in [0.1, 0.15) is 13.3 Å². The van der Waals surface area contributed by atoms with Gasteiger partial charge in [-0.3, -0.25) is 9.59 Å². The normalized spacial score (nSPS) is 15.2. The van der Waals surface area contributed by atoms with Gasteiger partial charge in [0.2, 0.25) is 0 Å².